The summed E-state index contributed by atoms with van der Waals surface area (Å²) in [5, 5.41) is 15.9. The van der Waals surface area contributed by atoms with Crippen molar-refractivity contribution in [3.05, 3.63) is 30.0 Å². The Morgan fingerprint density at radius 2 is 2.00 bits per heavy atom. The molecule has 2 aromatic rings. The summed E-state index contributed by atoms with van der Waals surface area (Å²) in [6.07, 6.45) is 2.56. The lowest BCUT2D eigenvalue weighted by Crippen LogP contribution is -2.09. The van der Waals surface area contributed by atoms with Crippen LogP contribution in [0.25, 0.3) is 10.9 Å². The van der Waals surface area contributed by atoms with Gasteiger partial charge in [0, 0.05) is 23.6 Å². The first-order valence-electron chi connectivity index (χ1n) is 5.93. The van der Waals surface area contributed by atoms with Gasteiger partial charge in [-0.1, -0.05) is 0 Å². The van der Waals surface area contributed by atoms with E-state index in [0.29, 0.717) is 13.0 Å². The van der Waals surface area contributed by atoms with E-state index in [1.54, 1.807) is 12.6 Å². The Hall–Kier alpha value is -2.61. The third kappa shape index (κ3) is 4.77. The van der Waals surface area contributed by atoms with Crippen molar-refractivity contribution in [3.8, 4) is 5.75 Å². The molecule has 8 heteroatoms. The van der Waals surface area contributed by atoms with Gasteiger partial charge in [-0.25, -0.2) is 9.59 Å². The number of aromatic amines is 1. The maximum Gasteiger partial charge on any atom is 0.414 e. The van der Waals surface area contributed by atoms with Crippen LogP contribution in [0.15, 0.2) is 24.4 Å². The molecule has 0 spiro atoms. The number of aliphatic carboxylic acids is 2. The van der Waals surface area contributed by atoms with Crippen LogP contribution in [0.4, 0.5) is 4.48 Å². The molecule has 2 rings (SSSR count). The summed E-state index contributed by atoms with van der Waals surface area (Å²) in [6, 6.07) is 5.82. The van der Waals surface area contributed by atoms with Crippen LogP contribution in [0.1, 0.15) is 5.56 Å². The number of H-pyrrole nitrogens is 1. The first-order chi connectivity index (χ1) is 9.99. The summed E-state index contributed by atoms with van der Waals surface area (Å²) in [7, 11) is 1.64. The number of carboxylic acids is 2. The number of benzene rings is 1. The Morgan fingerprint density at radius 1 is 1.33 bits per heavy atom. The largest absolute Gasteiger partial charge is 0.497 e. The number of nitrogens with one attached hydrogen (secondary N) is 2. The number of aromatic nitrogens is 1. The van der Waals surface area contributed by atoms with Crippen LogP contribution in [0.3, 0.4) is 0 Å². The van der Waals surface area contributed by atoms with Gasteiger partial charge in [0.15, 0.2) is 0 Å². The van der Waals surface area contributed by atoms with Gasteiger partial charge in [-0.2, -0.15) is 5.54 Å². The maximum atomic E-state index is 11.8. The molecule has 21 heavy (non-hydrogen) atoms. The van der Waals surface area contributed by atoms with Crippen LogP contribution in [-0.2, 0) is 16.0 Å². The zero-order valence-corrected chi connectivity index (χ0v) is 11.2. The maximum absolute atomic E-state index is 11.8. The Bertz CT molecular complexity index is 614. The van der Waals surface area contributed by atoms with E-state index in [1.165, 1.54) is 0 Å². The van der Waals surface area contributed by atoms with Gasteiger partial charge in [0.1, 0.15) is 5.75 Å². The number of ether oxygens (including phenoxy) is 1. The Kier molecular flexibility index (Phi) is 6.15. The van der Waals surface area contributed by atoms with Crippen molar-refractivity contribution in [1.82, 2.24) is 10.5 Å². The average Bonchev–Trinajstić information content (AvgIpc) is 2.87. The first kappa shape index (κ1) is 16.4. The molecule has 7 nitrogen and oxygen atoms in total. The molecule has 0 atom stereocenters. The smallest absolute Gasteiger partial charge is 0.414 e. The lowest BCUT2D eigenvalue weighted by molar-refractivity contribution is -0.159. The fourth-order valence-electron chi connectivity index (χ4n) is 1.67. The fourth-order valence-corrected chi connectivity index (χ4v) is 1.67. The third-order valence-corrected chi connectivity index (χ3v) is 2.65. The van der Waals surface area contributed by atoms with Crippen LogP contribution in [0.2, 0.25) is 0 Å². The molecule has 0 aliphatic carbocycles. The molecule has 114 valence electrons. The van der Waals surface area contributed by atoms with Crippen molar-refractivity contribution in [3.63, 3.8) is 0 Å². The summed E-state index contributed by atoms with van der Waals surface area (Å²) in [5.41, 5.74) is 3.79. The minimum Gasteiger partial charge on any atom is -0.497 e. The molecule has 0 amide bonds. The van der Waals surface area contributed by atoms with Gasteiger partial charge in [0.25, 0.3) is 0 Å². The number of carbonyl (C=O) groups is 2. The van der Waals surface area contributed by atoms with Crippen molar-refractivity contribution in [1.29, 1.82) is 0 Å². The van der Waals surface area contributed by atoms with E-state index in [0.717, 1.165) is 22.2 Å². The molecule has 1 heterocycles. The van der Waals surface area contributed by atoms with E-state index in [2.05, 4.69) is 4.98 Å². The van der Waals surface area contributed by atoms with E-state index in [-0.39, 0.29) is 0 Å². The summed E-state index contributed by atoms with van der Waals surface area (Å²) >= 11 is 0. The second-order valence-electron chi connectivity index (χ2n) is 3.97. The van der Waals surface area contributed by atoms with Gasteiger partial charge >= 0.3 is 11.9 Å². The predicted octanol–water partition coefficient (Wildman–Crippen LogP) is 1.35. The standard InChI is InChI=1S/C11H13FN2O.C2H2O4/c1-15-9-2-3-11-10(6-9)8(7-13-11)4-5-14-12;3-1(4)2(5)6/h2-3,6-7,13-14H,4-5H2,1H3;(H,3,4)(H,5,6). The summed E-state index contributed by atoms with van der Waals surface area (Å²) in [5.74, 6) is -2.83. The quantitative estimate of drug-likeness (QED) is 0.501. The molecule has 0 saturated heterocycles. The first-order valence-corrected chi connectivity index (χ1v) is 5.93. The van der Waals surface area contributed by atoms with Crippen LogP contribution in [-0.4, -0.2) is 40.8 Å². The van der Waals surface area contributed by atoms with E-state index in [4.69, 9.17) is 24.5 Å². The van der Waals surface area contributed by atoms with Crippen molar-refractivity contribution in [2.24, 2.45) is 0 Å². The van der Waals surface area contributed by atoms with Crippen LogP contribution >= 0.6 is 0 Å². The second-order valence-corrected chi connectivity index (χ2v) is 3.97. The molecular weight excluding hydrogens is 283 g/mol. The number of hydrogen-bond donors (Lipinski definition) is 4. The number of fused-ring (bicyclic) bond motifs is 1. The van der Waals surface area contributed by atoms with Gasteiger partial charge in [0.2, 0.25) is 0 Å². The van der Waals surface area contributed by atoms with Crippen molar-refractivity contribution in [2.45, 2.75) is 6.42 Å². The highest BCUT2D eigenvalue weighted by Crippen LogP contribution is 2.23. The molecule has 1 aromatic carbocycles. The molecule has 0 bridgehead atoms. The predicted molar refractivity (Wildman–Crippen MR) is 72.9 cm³/mol. The van der Waals surface area contributed by atoms with Gasteiger partial charge in [-0.3, -0.25) is 0 Å². The zero-order chi connectivity index (χ0) is 15.8. The highest BCUT2D eigenvalue weighted by atomic mass is 19.2. The van der Waals surface area contributed by atoms with Gasteiger partial charge in [0.05, 0.1) is 7.11 Å². The fraction of sp³-hybridized carbons (Fsp3) is 0.231. The molecule has 4 N–H and O–H groups in total. The van der Waals surface area contributed by atoms with Crippen molar-refractivity contribution in [2.75, 3.05) is 13.7 Å². The van der Waals surface area contributed by atoms with Crippen LogP contribution < -0.4 is 10.3 Å². The van der Waals surface area contributed by atoms with Crippen molar-refractivity contribution >= 4 is 22.8 Å². The molecule has 1 aromatic heterocycles. The zero-order valence-electron chi connectivity index (χ0n) is 11.2. The Morgan fingerprint density at radius 3 is 2.52 bits per heavy atom. The van der Waals surface area contributed by atoms with E-state index in [9.17, 15) is 4.48 Å². The van der Waals surface area contributed by atoms with E-state index < -0.39 is 11.9 Å². The monoisotopic (exact) mass is 298 g/mol. The molecular formula is C13H15FN2O5. The minimum absolute atomic E-state index is 0.324. The van der Waals surface area contributed by atoms with Crippen LogP contribution in [0.5, 0.6) is 5.75 Å². The number of halogens is 1. The average molecular weight is 298 g/mol. The Labute approximate surface area is 119 Å². The minimum atomic E-state index is -1.82. The lowest BCUT2D eigenvalue weighted by Gasteiger charge is -2.01. The normalized spacial score (nSPS) is 9.81. The molecule has 0 fully saturated rings. The molecule has 0 unspecified atom stereocenters. The molecule has 0 radical (unpaired) electrons. The van der Waals surface area contributed by atoms with E-state index in [1.807, 2.05) is 24.4 Å². The second kappa shape index (κ2) is 7.85. The highest BCUT2D eigenvalue weighted by Gasteiger charge is 2.04. The third-order valence-electron chi connectivity index (χ3n) is 2.65. The highest BCUT2D eigenvalue weighted by molar-refractivity contribution is 6.27. The van der Waals surface area contributed by atoms with Crippen LogP contribution in [0, 0.1) is 0 Å². The SMILES string of the molecule is COc1ccc2[nH]cc(CCNF)c2c1.O=C(O)C(=O)O. The van der Waals surface area contributed by atoms with Crippen molar-refractivity contribution < 1.29 is 29.0 Å². The Balaban J connectivity index is 0.000000315. The topological polar surface area (TPSA) is 112 Å². The summed E-state index contributed by atoms with van der Waals surface area (Å²) in [6.45, 7) is 0.324. The number of rotatable bonds is 4. The molecule has 0 saturated carbocycles. The van der Waals surface area contributed by atoms with Gasteiger partial charge in [-0.15, -0.1) is 4.48 Å². The molecule has 0 aliphatic rings. The van der Waals surface area contributed by atoms with E-state index >= 15 is 0 Å². The number of methoxy groups -OCH3 is 1. The number of hydrogen-bond acceptors (Lipinski definition) is 4. The molecule has 0 aliphatic heterocycles. The summed E-state index contributed by atoms with van der Waals surface area (Å²) < 4.78 is 17.0. The van der Waals surface area contributed by atoms with Gasteiger partial charge < -0.3 is 19.9 Å². The number of carboxylic acid groups (broad SMARTS) is 2. The summed E-state index contributed by atoms with van der Waals surface area (Å²) in [4.78, 5) is 21.3. The lowest BCUT2D eigenvalue weighted by atomic mass is 10.1. The van der Waals surface area contributed by atoms with Gasteiger partial charge in [-0.05, 0) is 30.2 Å².